The van der Waals surface area contributed by atoms with Gasteiger partial charge in [0.2, 0.25) is 17.7 Å². The number of likely N-dealkylation sites (N-methyl/N-ethyl adjacent to an activating group) is 1. The Kier molecular flexibility index (Phi) is 13.2. The summed E-state index contributed by atoms with van der Waals surface area (Å²) in [5.41, 5.74) is 1.93. The van der Waals surface area contributed by atoms with Gasteiger partial charge in [-0.1, -0.05) is 48.5 Å². The molecule has 10 heteroatoms. The lowest BCUT2D eigenvalue weighted by Gasteiger charge is -2.23. The molecule has 0 fully saturated rings. The van der Waals surface area contributed by atoms with E-state index in [1.165, 1.54) is 6.26 Å². The van der Waals surface area contributed by atoms with Crippen LogP contribution in [0.4, 0.5) is 0 Å². The number of benzene rings is 2. The van der Waals surface area contributed by atoms with Crippen molar-refractivity contribution in [3.63, 3.8) is 0 Å². The molecule has 3 atom stereocenters. The van der Waals surface area contributed by atoms with Gasteiger partial charge in [0, 0.05) is 42.9 Å². The number of aromatic hydroxyl groups is 1. The Morgan fingerprint density at radius 1 is 1.03 bits per heavy atom. The highest BCUT2D eigenvalue weighted by Crippen LogP contribution is 2.12. The van der Waals surface area contributed by atoms with E-state index >= 15 is 0 Å². The van der Waals surface area contributed by atoms with Crippen LogP contribution in [0.2, 0.25) is 0 Å². The molecule has 9 nitrogen and oxygen atoms in total. The van der Waals surface area contributed by atoms with Crippen LogP contribution in [0.15, 0.2) is 67.3 Å². The van der Waals surface area contributed by atoms with E-state index in [0.717, 1.165) is 11.1 Å². The fourth-order valence-electron chi connectivity index (χ4n) is 3.66. The predicted molar refractivity (Wildman–Crippen MR) is 150 cm³/mol. The number of hydrogen-bond acceptors (Lipinski definition) is 6. The number of carbonyl (C=O) groups excluding carboxylic acids is 3. The Hall–Kier alpha value is -3.50. The van der Waals surface area contributed by atoms with Crippen molar-refractivity contribution < 1.29 is 23.7 Å². The second-order valence-corrected chi connectivity index (χ2v) is 10.6. The molecule has 206 valence electrons. The van der Waals surface area contributed by atoms with Gasteiger partial charge in [0.05, 0.1) is 12.6 Å². The Morgan fingerprint density at radius 2 is 1.71 bits per heavy atom. The molecule has 0 radical (unpaired) electrons. The normalized spacial score (nSPS) is 13.1. The molecule has 0 aliphatic heterocycles. The summed E-state index contributed by atoms with van der Waals surface area (Å²) in [6.07, 6.45) is 4.33. The maximum atomic E-state index is 13.2. The highest BCUT2D eigenvalue weighted by atomic mass is 32.2. The van der Waals surface area contributed by atoms with E-state index in [2.05, 4.69) is 22.5 Å². The minimum absolute atomic E-state index is 0.123. The van der Waals surface area contributed by atoms with Gasteiger partial charge in [-0.15, -0.1) is 6.58 Å². The average Bonchev–Trinajstić information content (AvgIpc) is 2.91. The van der Waals surface area contributed by atoms with Crippen molar-refractivity contribution in [2.24, 2.45) is 0 Å². The fourth-order valence-corrected chi connectivity index (χ4v) is 4.23. The summed E-state index contributed by atoms with van der Waals surface area (Å²) in [7, 11) is 0.510. The molecule has 0 saturated heterocycles. The number of nitrogens with one attached hydrogen (secondary N) is 3. The molecule has 2 aromatic carbocycles. The second-order valence-electron chi connectivity index (χ2n) is 9.02. The maximum Gasteiger partial charge on any atom is 0.243 e. The molecule has 2 aromatic rings. The highest BCUT2D eigenvalue weighted by molar-refractivity contribution is 7.84. The molecule has 3 unspecified atom stereocenters. The number of amides is 3. The predicted octanol–water partition coefficient (Wildman–Crippen LogP) is 1.15. The van der Waals surface area contributed by atoms with Crippen LogP contribution in [0, 0.1) is 0 Å². The summed E-state index contributed by atoms with van der Waals surface area (Å²) in [6, 6.07) is 14.7. The van der Waals surface area contributed by atoms with Crippen molar-refractivity contribution in [1.29, 1.82) is 0 Å². The third kappa shape index (κ3) is 11.3. The molecule has 4 N–H and O–H groups in total. The van der Waals surface area contributed by atoms with Crippen LogP contribution in [0.1, 0.15) is 17.5 Å². The number of nitrogens with zero attached hydrogens (tertiary/aromatic N) is 1. The first kappa shape index (κ1) is 30.7. The lowest BCUT2D eigenvalue weighted by Crippen LogP contribution is -2.54. The summed E-state index contributed by atoms with van der Waals surface area (Å²) < 4.78 is 11.7. The van der Waals surface area contributed by atoms with Crippen molar-refractivity contribution in [3.05, 3.63) is 78.4 Å². The smallest absolute Gasteiger partial charge is 0.243 e. The zero-order valence-electron chi connectivity index (χ0n) is 22.0. The first-order chi connectivity index (χ1) is 18.2. The van der Waals surface area contributed by atoms with E-state index in [9.17, 15) is 23.7 Å². The highest BCUT2D eigenvalue weighted by Gasteiger charge is 2.26. The van der Waals surface area contributed by atoms with Crippen LogP contribution in [0.3, 0.4) is 0 Å². The average molecular weight is 543 g/mol. The fraction of sp³-hybridized carbons (Fsp3) is 0.393. The van der Waals surface area contributed by atoms with Gasteiger partial charge in [0.1, 0.15) is 11.8 Å². The molecule has 0 aliphatic rings. The van der Waals surface area contributed by atoms with E-state index in [-0.39, 0.29) is 30.4 Å². The minimum Gasteiger partial charge on any atom is -0.508 e. The van der Waals surface area contributed by atoms with Gasteiger partial charge in [0.15, 0.2) is 0 Å². The van der Waals surface area contributed by atoms with Crippen molar-refractivity contribution in [1.82, 2.24) is 20.9 Å². The summed E-state index contributed by atoms with van der Waals surface area (Å²) in [6.45, 7) is 4.33. The van der Waals surface area contributed by atoms with Crippen LogP contribution >= 0.6 is 0 Å². The van der Waals surface area contributed by atoms with Gasteiger partial charge in [-0.25, -0.2) is 0 Å². The van der Waals surface area contributed by atoms with Crippen LogP contribution < -0.4 is 16.0 Å². The van der Waals surface area contributed by atoms with Crippen molar-refractivity contribution in [2.45, 2.75) is 31.3 Å². The van der Waals surface area contributed by atoms with Crippen LogP contribution in [-0.2, 0) is 38.0 Å². The van der Waals surface area contributed by atoms with Gasteiger partial charge in [-0.2, -0.15) is 0 Å². The third-order valence-electron chi connectivity index (χ3n) is 5.95. The van der Waals surface area contributed by atoms with Gasteiger partial charge in [-0.05, 0) is 42.5 Å². The molecule has 0 spiro atoms. The lowest BCUT2D eigenvalue weighted by molar-refractivity contribution is -0.133. The lowest BCUT2D eigenvalue weighted by atomic mass is 10.0. The first-order valence-electron chi connectivity index (χ1n) is 12.5. The second kappa shape index (κ2) is 16.4. The number of hydrogen-bond donors (Lipinski definition) is 4. The zero-order chi connectivity index (χ0) is 27.9. The quantitative estimate of drug-likeness (QED) is 0.236. The molecule has 0 saturated carbocycles. The van der Waals surface area contributed by atoms with Gasteiger partial charge in [-0.3, -0.25) is 18.6 Å². The Morgan fingerprint density at radius 3 is 2.34 bits per heavy atom. The van der Waals surface area contributed by atoms with E-state index in [1.807, 2.05) is 30.3 Å². The number of carbonyl (C=O) groups is 3. The van der Waals surface area contributed by atoms with Gasteiger partial charge in [0.25, 0.3) is 0 Å². The third-order valence-corrected chi connectivity index (χ3v) is 6.76. The molecule has 0 heterocycles. The first-order valence-corrected chi connectivity index (χ1v) is 14.2. The van der Waals surface area contributed by atoms with E-state index in [4.69, 9.17) is 0 Å². The van der Waals surface area contributed by atoms with E-state index in [0.29, 0.717) is 25.9 Å². The summed E-state index contributed by atoms with van der Waals surface area (Å²) in [5.74, 6) is -0.838. The molecule has 38 heavy (non-hydrogen) atoms. The summed E-state index contributed by atoms with van der Waals surface area (Å²) in [5, 5.41) is 18.0. The maximum absolute atomic E-state index is 13.2. The Balaban J connectivity index is 1.99. The minimum atomic E-state index is -1.17. The van der Waals surface area contributed by atoms with Crippen LogP contribution in [0.25, 0.3) is 0 Å². The van der Waals surface area contributed by atoms with Crippen LogP contribution in [0.5, 0.6) is 5.75 Å². The SMILES string of the molecule is C=CCNC(Cc1ccc(O)cc1)C(=O)NC(CCS(C)=O)C(=O)NCC(=O)N(C)CCc1ccccc1. The largest absolute Gasteiger partial charge is 0.508 e. The van der Waals surface area contributed by atoms with Crippen molar-refractivity contribution in [3.8, 4) is 5.75 Å². The molecular formula is C28H38N4O5S. The van der Waals surface area contributed by atoms with Gasteiger partial charge < -0.3 is 26.0 Å². The van der Waals surface area contributed by atoms with Crippen molar-refractivity contribution in [2.75, 3.05) is 38.7 Å². The van der Waals surface area contributed by atoms with E-state index in [1.54, 1.807) is 42.3 Å². The molecule has 0 aromatic heterocycles. The Labute approximate surface area is 227 Å². The Bertz CT molecular complexity index is 1080. The number of phenols is 1. The number of rotatable bonds is 16. The monoisotopic (exact) mass is 542 g/mol. The summed E-state index contributed by atoms with van der Waals surface area (Å²) in [4.78, 5) is 40.2. The zero-order valence-corrected chi connectivity index (χ0v) is 22.8. The molecule has 0 aliphatic carbocycles. The molecule has 0 bridgehead atoms. The van der Waals surface area contributed by atoms with Gasteiger partial charge >= 0.3 is 0 Å². The summed E-state index contributed by atoms with van der Waals surface area (Å²) >= 11 is 0. The standard InChI is InChI=1S/C28H38N4O5S/c1-4-16-29-25(19-22-10-12-23(33)13-11-22)28(36)31-24(15-18-38(3)37)27(35)30-20-26(34)32(2)17-14-21-8-6-5-7-9-21/h4-13,24-25,29,33H,1,14-20H2,2-3H3,(H,30,35)(H,31,36). The van der Waals surface area contributed by atoms with Crippen molar-refractivity contribution >= 4 is 28.5 Å². The molecule has 3 amide bonds. The van der Waals surface area contributed by atoms with E-state index < -0.39 is 34.7 Å². The van der Waals surface area contributed by atoms with Crippen LogP contribution in [-0.4, -0.2) is 82.7 Å². The topological polar surface area (TPSA) is 128 Å². The molecule has 2 rings (SSSR count). The number of phenolic OH excluding ortho intramolecular Hbond substituents is 1. The molecular weight excluding hydrogens is 504 g/mol.